The average molecular weight is 353 g/mol. The van der Waals surface area contributed by atoms with Gasteiger partial charge < -0.3 is 14.8 Å². The van der Waals surface area contributed by atoms with Crippen molar-refractivity contribution in [2.24, 2.45) is 0 Å². The lowest BCUT2D eigenvalue weighted by Crippen LogP contribution is -2.28. The van der Waals surface area contributed by atoms with Gasteiger partial charge >= 0.3 is 0 Å². The van der Waals surface area contributed by atoms with Crippen molar-refractivity contribution >= 4 is 5.91 Å². The minimum atomic E-state index is -0.126. The summed E-state index contributed by atoms with van der Waals surface area (Å²) in [7, 11) is 1.62. The van der Waals surface area contributed by atoms with E-state index in [2.05, 4.69) is 31.8 Å². The summed E-state index contributed by atoms with van der Waals surface area (Å²) < 4.78 is 11.1. The van der Waals surface area contributed by atoms with Gasteiger partial charge in [-0.15, -0.1) is 6.58 Å². The molecule has 26 heavy (non-hydrogen) atoms. The predicted octanol–water partition coefficient (Wildman–Crippen LogP) is 4.36. The summed E-state index contributed by atoms with van der Waals surface area (Å²) in [5, 5.41) is 2.89. The number of para-hydroxylation sites is 1. The highest BCUT2D eigenvalue weighted by atomic mass is 16.5. The molecule has 0 bridgehead atoms. The number of ether oxygens (including phenoxy) is 2. The van der Waals surface area contributed by atoms with Gasteiger partial charge in [0.1, 0.15) is 18.1 Å². The molecule has 0 fully saturated rings. The van der Waals surface area contributed by atoms with Gasteiger partial charge in [-0.25, -0.2) is 0 Å². The second kappa shape index (κ2) is 9.66. The highest BCUT2D eigenvalue weighted by molar-refractivity contribution is 5.94. The maximum Gasteiger partial charge on any atom is 0.251 e. The molecule has 0 aliphatic carbocycles. The molecule has 138 valence electrons. The van der Waals surface area contributed by atoms with E-state index in [4.69, 9.17) is 9.47 Å². The predicted molar refractivity (Wildman–Crippen MR) is 105 cm³/mol. The molecule has 1 N–H and O–H groups in total. The smallest absolute Gasteiger partial charge is 0.251 e. The number of carbonyl (C=O) groups is 1. The quantitative estimate of drug-likeness (QED) is 0.538. The Kier molecular flexibility index (Phi) is 7.27. The zero-order valence-corrected chi connectivity index (χ0v) is 15.7. The number of hydrogen-bond donors (Lipinski definition) is 1. The van der Waals surface area contributed by atoms with Gasteiger partial charge in [-0.2, -0.15) is 0 Å². The van der Waals surface area contributed by atoms with Gasteiger partial charge in [-0.05, 0) is 47.7 Å². The number of rotatable bonds is 9. The van der Waals surface area contributed by atoms with E-state index in [-0.39, 0.29) is 5.91 Å². The lowest BCUT2D eigenvalue weighted by Gasteiger charge is -2.14. The average Bonchev–Trinajstić information content (AvgIpc) is 2.65. The third-order valence-corrected chi connectivity index (χ3v) is 4.09. The number of allylic oxidation sites excluding steroid dienone is 1. The van der Waals surface area contributed by atoms with Crippen molar-refractivity contribution in [2.75, 3.05) is 20.3 Å². The van der Waals surface area contributed by atoms with Crippen LogP contribution in [-0.4, -0.2) is 26.2 Å². The van der Waals surface area contributed by atoms with E-state index >= 15 is 0 Å². The van der Waals surface area contributed by atoms with Crippen molar-refractivity contribution in [1.82, 2.24) is 5.32 Å². The van der Waals surface area contributed by atoms with Crippen molar-refractivity contribution in [3.63, 3.8) is 0 Å². The van der Waals surface area contributed by atoms with Crippen LogP contribution in [0.1, 0.15) is 41.3 Å². The maximum absolute atomic E-state index is 12.4. The van der Waals surface area contributed by atoms with Crippen LogP contribution in [0.15, 0.2) is 55.1 Å². The van der Waals surface area contributed by atoms with E-state index in [0.717, 1.165) is 17.1 Å². The Morgan fingerprint density at radius 2 is 1.96 bits per heavy atom. The molecule has 0 aliphatic rings. The maximum atomic E-state index is 12.4. The highest BCUT2D eigenvalue weighted by Gasteiger charge is 2.10. The molecule has 0 aromatic heterocycles. The molecule has 1 amide bonds. The number of carbonyl (C=O) groups excluding carboxylic acids is 1. The second-order valence-electron chi connectivity index (χ2n) is 6.32. The van der Waals surface area contributed by atoms with Crippen LogP contribution in [0.5, 0.6) is 11.5 Å². The van der Waals surface area contributed by atoms with Gasteiger partial charge in [-0.3, -0.25) is 4.79 Å². The van der Waals surface area contributed by atoms with E-state index in [1.54, 1.807) is 19.3 Å². The summed E-state index contributed by atoms with van der Waals surface area (Å²) in [4.78, 5) is 12.4. The highest BCUT2D eigenvalue weighted by Crippen LogP contribution is 2.25. The minimum absolute atomic E-state index is 0.126. The van der Waals surface area contributed by atoms with Crippen LogP contribution < -0.4 is 14.8 Å². The molecular formula is C22H27NO3. The first kappa shape index (κ1) is 19.6. The Morgan fingerprint density at radius 1 is 1.19 bits per heavy atom. The summed E-state index contributed by atoms with van der Waals surface area (Å²) in [5.41, 5.74) is 2.71. The molecule has 0 spiro atoms. The van der Waals surface area contributed by atoms with Gasteiger partial charge in [0.05, 0.1) is 13.7 Å². The third-order valence-electron chi connectivity index (χ3n) is 4.09. The van der Waals surface area contributed by atoms with Gasteiger partial charge in [0, 0.05) is 5.56 Å². The molecule has 0 saturated heterocycles. The molecule has 0 atom stereocenters. The van der Waals surface area contributed by atoms with E-state index in [1.165, 1.54) is 5.56 Å². The summed E-state index contributed by atoms with van der Waals surface area (Å²) >= 11 is 0. The first-order valence-electron chi connectivity index (χ1n) is 8.84. The number of amides is 1. The second-order valence-corrected chi connectivity index (χ2v) is 6.32. The summed E-state index contributed by atoms with van der Waals surface area (Å²) in [5.74, 6) is 1.90. The Morgan fingerprint density at radius 3 is 2.65 bits per heavy atom. The Labute approximate surface area is 155 Å². The zero-order valence-electron chi connectivity index (χ0n) is 15.7. The van der Waals surface area contributed by atoms with Crippen molar-refractivity contribution < 1.29 is 14.3 Å². The number of hydrogen-bond acceptors (Lipinski definition) is 3. The number of nitrogens with one attached hydrogen (secondary N) is 1. The third kappa shape index (κ3) is 5.12. The lowest BCUT2D eigenvalue weighted by molar-refractivity contribution is 0.0946. The Bertz CT molecular complexity index is 753. The van der Waals surface area contributed by atoms with Crippen LogP contribution in [0.2, 0.25) is 0 Å². The standard InChI is InChI=1S/C22H27NO3/c1-5-8-17-15-18(11-12-20(17)25-4)22(24)23-13-14-26-21-10-7-6-9-19(21)16(2)3/h5-7,9-12,15-16H,1,8,13-14H2,2-4H3,(H,23,24). The fourth-order valence-electron chi connectivity index (χ4n) is 2.75. The van der Waals surface area contributed by atoms with Crippen LogP contribution in [0, 0.1) is 0 Å². The molecule has 2 rings (SSSR count). The van der Waals surface area contributed by atoms with Crippen LogP contribution in [0.4, 0.5) is 0 Å². The van der Waals surface area contributed by atoms with Crippen molar-refractivity contribution in [3.05, 3.63) is 71.8 Å². The first-order valence-corrected chi connectivity index (χ1v) is 8.84. The molecule has 2 aromatic rings. The Hall–Kier alpha value is -2.75. The van der Waals surface area contributed by atoms with Gasteiger partial charge in [-0.1, -0.05) is 38.1 Å². The van der Waals surface area contributed by atoms with E-state index in [9.17, 15) is 4.79 Å². The SMILES string of the molecule is C=CCc1cc(C(=O)NCCOc2ccccc2C(C)C)ccc1OC. The van der Waals surface area contributed by atoms with Crippen molar-refractivity contribution in [3.8, 4) is 11.5 Å². The molecular weight excluding hydrogens is 326 g/mol. The molecule has 4 heteroatoms. The van der Waals surface area contributed by atoms with Crippen molar-refractivity contribution in [1.29, 1.82) is 0 Å². The molecule has 2 aromatic carbocycles. The normalized spacial score (nSPS) is 10.5. The minimum Gasteiger partial charge on any atom is -0.496 e. The monoisotopic (exact) mass is 353 g/mol. The largest absolute Gasteiger partial charge is 0.496 e. The fourth-order valence-corrected chi connectivity index (χ4v) is 2.75. The fraction of sp³-hybridized carbons (Fsp3) is 0.318. The van der Waals surface area contributed by atoms with Crippen LogP contribution in [0.3, 0.4) is 0 Å². The van der Waals surface area contributed by atoms with Gasteiger partial charge in [0.2, 0.25) is 0 Å². The van der Waals surface area contributed by atoms with Crippen molar-refractivity contribution in [2.45, 2.75) is 26.2 Å². The van der Waals surface area contributed by atoms with Crippen LogP contribution in [0.25, 0.3) is 0 Å². The molecule has 0 saturated carbocycles. The van der Waals surface area contributed by atoms with Gasteiger partial charge in [0.15, 0.2) is 0 Å². The van der Waals surface area contributed by atoms with E-state index in [0.29, 0.717) is 31.1 Å². The number of benzene rings is 2. The van der Waals surface area contributed by atoms with E-state index in [1.807, 2.05) is 30.3 Å². The first-order chi connectivity index (χ1) is 12.6. The van der Waals surface area contributed by atoms with Gasteiger partial charge in [0.25, 0.3) is 5.91 Å². The molecule has 0 radical (unpaired) electrons. The molecule has 0 heterocycles. The van der Waals surface area contributed by atoms with Crippen LogP contribution >= 0.6 is 0 Å². The number of methoxy groups -OCH3 is 1. The molecule has 0 aliphatic heterocycles. The van der Waals surface area contributed by atoms with E-state index < -0.39 is 0 Å². The molecule has 0 unspecified atom stereocenters. The topological polar surface area (TPSA) is 47.6 Å². The molecule has 4 nitrogen and oxygen atoms in total. The summed E-state index contributed by atoms with van der Waals surface area (Å²) in [6, 6.07) is 13.4. The summed E-state index contributed by atoms with van der Waals surface area (Å²) in [6.45, 7) is 8.87. The summed E-state index contributed by atoms with van der Waals surface area (Å²) in [6.07, 6.45) is 2.44. The van der Waals surface area contributed by atoms with Crippen LogP contribution in [-0.2, 0) is 6.42 Å². The Balaban J connectivity index is 1.91. The lowest BCUT2D eigenvalue weighted by atomic mass is 10.0. The zero-order chi connectivity index (χ0) is 18.9.